The van der Waals surface area contributed by atoms with E-state index in [1.807, 2.05) is 0 Å². The fourth-order valence-corrected chi connectivity index (χ4v) is 16.2. The third-order valence-electron chi connectivity index (χ3n) is 19.3. The number of hydrogen-bond acceptors (Lipinski definition) is 2. The zero-order valence-corrected chi connectivity index (χ0v) is 41.6. The van der Waals surface area contributed by atoms with Crippen LogP contribution in [0.2, 0.25) is 0 Å². The molecule has 3 heteroatoms. The Bertz CT molecular complexity index is 4290. The lowest BCUT2D eigenvalue weighted by molar-refractivity contribution is 0.384. The molecule has 1 spiro atoms. The maximum atomic E-state index is 7.54. The van der Waals surface area contributed by atoms with Crippen LogP contribution in [0.1, 0.15) is 121 Å². The molecule has 1 fully saturated rings. The number of benzene rings is 7. The third-order valence-corrected chi connectivity index (χ3v) is 19.3. The molecule has 352 valence electrons. The van der Waals surface area contributed by atoms with Crippen molar-refractivity contribution in [1.82, 2.24) is 4.57 Å². The van der Waals surface area contributed by atoms with Crippen LogP contribution in [0.4, 0.5) is 0 Å². The molecule has 3 nitrogen and oxygen atoms in total. The molecule has 7 aliphatic rings. The van der Waals surface area contributed by atoms with Gasteiger partial charge in [-0.2, -0.15) is 0 Å². The van der Waals surface area contributed by atoms with E-state index in [9.17, 15) is 0 Å². The van der Waals surface area contributed by atoms with E-state index in [4.69, 9.17) is 8.83 Å². The first-order valence-electron chi connectivity index (χ1n) is 27.2. The summed E-state index contributed by atoms with van der Waals surface area (Å²) in [6.45, 7) is 7.22. The Balaban J connectivity index is 0.939. The van der Waals surface area contributed by atoms with Crippen LogP contribution in [0, 0.1) is 17.8 Å². The summed E-state index contributed by atoms with van der Waals surface area (Å²) in [4.78, 5) is 0. The standard InChI is InChI=1S/C70H55NO2/c1-4-39-36-55-63(67-61(39)49-21-10-14-27-59(49)72-67)64-56(70(55)53-25-16-23-48-47-20-9-13-26-57(47)71(66(48)53)58-34-31-41-35-51(41)65(58)70)38-43(62-50-22-11-15-28-60(50)73-68(62)64)30-32-44(40-17-6-5-7-18-40)42-29-33-46-45-19-8-12-24-52(45)69(2,3)54(46)37-42/h5-7,9-18,20-29,31,33-34,36-38,41,44,51,56,64H,4,8,19,30,32,35H2,1-3H3/t41?,44-,51?,56?,64?,70?/m0/s1. The van der Waals surface area contributed by atoms with Gasteiger partial charge in [0.15, 0.2) is 0 Å². The van der Waals surface area contributed by atoms with E-state index in [-0.39, 0.29) is 23.2 Å². The van der Waals surface area contributed by atoms with Crippen LogP contribution in [0.5, 0.6) is 0 Å². The van der Waals surface area contributed by atoms with Gasteiger partial charge in [-0.25, -0.2) is 0 Å². The zero-order valence-electron chi connectivity index (χ0n) is 41.6. The van der Waals surface area contributed by atoms with Crippen LogP contribution in [0.15, 0.2) is 196 Å². The molecular formula is C70H55NO2. The molecule has 17 rings (SSSR count). The van der Waals surface area contributed by atoms with E-state index >= 15 is 0 Å². The monoisotopic (exact) mass is 941 g/mol. The van der Waals surface area contributed by atoms with Crippen molar-refractivity contribution in [2.45, 2.75) is 82.0 Å². The molecular weight excluding hydrogens is 887 g/mol. The average Bonchev–Trinajstić information content (AvgIpc) is 3.63. The van der Waals surface area contributed by atoms with E-state index in [2.05, 4.69) is 201 Å². The number of nitrogens with zero attached hydrogens (tertiary/aromatic N) is 1. The normalized spacial score (nSPS) is 23.8. The lowest BCUT2D eigenvalue weighted by Crippen LogP contribution is -2.41. The second-order valence-corrected chi connectivity index (χ2v) is 23.0. The molecule has 0 saturated heterocycles. The summed E-state index contributed by atoms with van der Waals surface area (Å²) in [5.41, 5.74) is 25.1. The van der Waals surface area contributed by atoms with Gasteiger partial charge in [0.05, 0.1) is 22.4 Å². The first-order chi connectivity index (χ1) is 35.9. The van der Waals surface area contributed by atoms with Crippen LogP contribution in [-0.4, -0.2) is 4.57 Å². The van der Waals surface area contributed by atoms with Gasteiger partial charge in [-0.15, -0.1) is 0 Å². The molecule has 4 heterocycles. The minimum absolute atomic E-state index is 0.0317. The van der Waals surface area contributed by atoms with E-state index < -0.39 is 5.41 Å². The molecule has 3 aromatic heterocycles. The summed E-state index contributed by atoms with van der Waals surface area (Å²) in [5, 5.41) is 6.33. The predicted molar refractivity (Wildman–Crippen MR) is 299 cm³/mol. The lowest BCUT2D eigenvalue weighted by Gasteiger charge is -2.46. The van der Waals surface area contributed by atoms with Crippen LogP contribution in [0.25, 0.3) is 71.6 Å². The third kappa shape index (κ3) is 5.11. The van der Waals surface area contributed by atoms with Crippen molar-refractivity contribution < 1.29 is 8.83 Å². The Kier molecular flexibility index (Phi) is 8.03. The van der Waals surface area contributed by atoms with E-state index in [0.717, 1.165) is 54.6 Å². The van der Waals surface area contributed by atoms with Crippen molar-refractivity contribution in [3.63, 3.8) is 0 Å². The fraction of sp³-hybridized carbons (Fsp3) is 0.229. The molecule has 1 aliphatic heterocycles. The summed E-state index contributed by atoms with van der Waals surface area (Å²) in [5.74, 6) is 2.25. The van der Waals surface area contributed by atoms with Gasteiger partial charge >= 0.3 is 0 Å². The fourth-order valence-electron chi connectivity index (χ4n) is 16.2. The van der Waals surface area contributed by atoms with E-state index in [0.29, 0.717) is 11.8 Å². The largest absolute Gasteiger partial charge is 0.460 e. The van der Waals surface area contributed by atoms with Crippen molar-refractivity contribution in [1.29, 1.82) is 0 Å². The van der Waals surface area contributed by atoms with Crippen LogP contribution in [-0.2, 0) is 17.3 Å². The molecule has 0 N–H and O–H groups in total. The number of aromatic nitrogens is 1. The van der Waals surface area contributed by atoms with E-state index in [1.165, 1.54) is 111 Å². The summed E-state index contributed by atoms with van der Waals surface area (Å²) < 4.78 is 17.5. The highest BCUT2D eigenvalue weighted by molar-refractivity contribution is 6.15. The average molecular weight is 942 g/mol. The highest BCUT2D eigenvalue weighted by atomic mass is 16.3. The van der Waals surface area contributed by atoms with Crippen molar-refractivity contribution in [2.75, 3.05) is 0 Å². The summed E-state index contributed by atoms with van der Waals surface area (Å²) >= 11 is 0. The second kappa shape index (κ2) is 14.3. The van der Waals surface area contributed by atoms with Gasteiger partial charge < -0.3 is 13.4 Å². The molecule has 10 aromatic rings. The molecule has 7 aromatic carbocycles. The molecule has 73 heavy (non-hydrogen) atoms. The number of rotatable bonds is 6. The Hall–Kier alpha value is -7.62. The first-order valence-corrected chi connectivity index (χ1v) is 27.2. The first kappa shape index (κ1) is 40.9. The van der Waals surface area contributed by atoms with Gasteiger partial charge in [-0.05, 0) is 136 Å². The van der Waals surface area contributed by atoms with Gasteiger partial charge in [-0.1, -0.05) is 172 Å². The van der Waals surface area contributed by atoms with Gasteiger partial charge in [0, 0.05) is 61.0 Å². The highest BCUT2D eigenvalue weighted by Gasteiger charge is 2.65. The molecule has 6 atom stereocenters. The van der Waals surface area contributed by atoms with Gasteiger partial charge in [0.1, 0.15) is 22.5 Å². The minimum Gasteiger partial charge on any atom is -0.460 e. The number of aryl methyl sites for hydroxylation is 1. The number of para-hydroxylation sites is 4. The van der Waals surface area contributed by atoms with Gasteiger partial charge in [-0.3, -0.25) is 0 Å². The Morgan fingerprint density at radius 3 is 2.36 bits per heavy atom. The number of furan rings is 2. The SMILES string of the molecule is CCc1cc2c(c3oc4ccccc4c13)C1c3oc4ccccc4c3C(CC[C@@H](c3ccccc3)c3ccc4c(c3)C(C)(C)C3=C4CCC=C3)=CC1C21C2=C(C=CC3CC23)n2c3ccccc3c3cccc1c32. The molecule has 6 aliphatic carbocycles. The van der Waals surface area contributed by atoms with Crippen LogP contribution < -0.4 is 0 Å². The Morgan fingerprint density at radius 2 is 1.49 bits per heavy atom. The van der Waals surface area contributed by atoms with Gasteiger partial charge in [0.25, 0.3) is 0 Å². The number of fused-ring (bicyclic) bond motifs is 23. The molecule has 0 bridgehead atoms. The van der Waals surface area contributed by atoms with Crippen molar-refractivity contribution in [3.8, 4) is 0 Å². The van der Waals surface area contributed by atoms with E-state index in [1.54, 1.807) is 11.1 Å². The molecule has 5 unspecified atom stereocenters. The molecule has 1 saturated carbocycles. The van der Waals surface area contributed by atoms with Crippen molar-refractivity contribution in [2.24, 2.45) is 17.8 Å². The molecule has 0 radical (unpaired) electrons. The lowest BCUT2D eigenvalue weighted by atomic mass is 9.58. The number of allylic oxidation sites excluding steroid dienone is 10. The summed E-state index contributed by atoms with van der Waals surface area (Å²) in [6.07, 6.45) is 18.9. The molecule has 0 amide bonds. The van der Waals surface area contributed by atoms with Crippen molar-refractivity contribution >= 4 is 71.6 Å². The van der Waals surface area contributed by atoms with Crippen LogP contribution >= 0.6 is 0 Å². The van der Waals surface area contributed by atoms with Crippen LogP contribution in [0.3, 0.4) is 0 Å². The van der Waals surface area contributed by atoms with Crippen molar-refractivity contribution in [3.05, 3.63) is 243 Å². The zero-order chi connectivity index (χ0) is 48.1. The summed E-state index contributed by atoms with van der Waals surface area (Å²) in [6, 6.07) is 55.6. The second-order valence-electron chi connectivity index (χ2n) is 23.0. The maximum Gasteiger partial charge on any atom is 0.139 e. The van der Waals surface area contributed by atoms with Gasteiger partial charge in [0.2, 0.25) is 0 Å². The Labute approximate surface area is 425 Å². The maximum absolute atomic E-state index is 7.54. The quantitative estimate of drug-likeness (QED) is 0.166. The Morgan fingerprint density at radius 1 is 0.712 bits per heavy atom. The topological polar surface area (TPSA) is 31.2 Å². The minimum atomic E-state index is -0.479. The predicted octanol–water partition coefficient (Wildman–Crippen LogP) is 17.9. The number of hydrogen-bond donors (Lipinski definition) is 0. The summed E-state index contributed by atoms with van der Waals surface area (Å²) in [7, 11) is 0. The highest BCUT2D eigenvalue weighted by Crippen LogP contribution is 2.72. The smallest absolute Gasteiger partial charge is 0.139 e.